The van der Waals surface area contributed by atoms with Gasteiger partial charge in [-0.2, -0.15) is 0 Å². The van der Waals surface area contributed by atoms with Crippen molar-refractivity contribution in [2.45, 2.75) is 38.3 Å². The van der Waals surface area contributed by atoms with Crippen LogP contribution in [0.1, 0.15) is 26.2 Å². The summed E-state index contributed by atoms with van der Waals surface area (Å²) in [6.07, 6.45) is 2.12. The number of para-hydroxylation sites is 1. The minimum Gasteiger partial charge on any atom is -0.365 e. The summed E-state index contributed by atoms with van der Waals surface area (Å²) in [6.45, 7) is 2.86. The maximum atomic E-state index is 13.7. The van der Waals surface area contributed by atoms with E-state index in [-0.39, 0.29) is 30.0 Å². The molecule has 0 spiro atoms. The first-order valence-electron chi connectivity index (χ1n) is 7.27. The average Bonchev–Trinajstić information content (AvgIpc) is 2.87. The molecule has 1 saturated heterocycles. The van der Waals surface area contributed by atoms with Gasteiger partial charge in [0, 0.05) is 19.1 Å². The Morgan fingerprint density at radius 2 is 2.09 bits per heavy atom. The third kappa shape index (κ3) is 4.30. The van der Waals surface area contributed by atoms with Crippen LogP contribution in [0.25, 0.3) is 0 Å². The monoisotopic (exact) mass is 333 g/mol. The van der Waals surface area contributed by atoms with Crippen LogP contribution in [0.4, 0.5) is 14.5 Å². The van der Waals surface area contributed by atoms with Crippen molar-refractivity contribution in [3.05, 3.63) is 29.8 Å². The number of halogens is 3. The van der Waals surface area contributed by atoms with Gasteiger partial charge in [0.05, 0.1) is 6.04 Å². The molecule has 4 nitrogen and oxygen atoms in total. The second kappa shape index (κ2) is 8.29. The Morgan fingerprint density at radius 3 is 2.68 bits per heavy atom. The first-order valence-corrected chi connectivity index (χ1v) is 7.27. The number of nitrogens with zero attached hydrogens (tertiary/aromatic N) is 1. The van der Waals surface area contributed by atoms with Gasteiger partial charge in [0.2, 0.25) is 5.91 Å². The van der Waals surface area contributed by atoms with E-state index in [1.807, 2.05) is 6.92 Å². The lowest BCUT2D eigenvalue weighted by Gasteiger charge is -2.21. The molecule has 2 unspecified atom stereocenters. The van der Waals surface area contributed by atoms with E-state index in [9.17, 15) is 13.6 Å². The van der Waals surface area contributed by atoms with E-state index in [2.05, 4.69) is 5.32 Å². The van der Waals surface area contributed by atoms with E-state index < -0.39 is 17.7 Å². The van der Waals surface area contributed by atoms with Crippen molar-refractivity contribution in [2.75, 3.05) is 18.0 Å². The first kappa shape index (κ1) is 18.6. The quantitative estimate of drug-likeness (QED) is 0.868. The number of carbonyl (C=O) groups is 1. The normalized spacial score (nSPS) is 18.7. The number of nitrogens with two attached hydrogens (primary N) is 1. The van der Waals surface area contributed by atoms with Crippen molar-refractivity contribution in [3.63, 3.8) is 0 Å². The number of hydrogen-bond acceptors (Lipinski definition) is 3. The van der Waals surface area contributed by atoms with Crippen molar-refractivity contribution >= 4 is 24.0 Å². The molecule has 124 valence electrons. The molecule has 1 aromatic rings. The number of rotatable bonds is 5. The van der Waals surface area contributed by atoms with Crippen LogP contribution in [0, 0.1) is 11.6 Å². The van der Waals surface area contributed by atoms with Crippen LogP contribution >= 0.6 is 12.4 Å². The average molecular weight is 334 g/mol. The summed E-state index contributed by atoms with van der Waals surface area (Å²) in [6, 6.07) is 3.17. The third-order valence-corrected chi connectivity index (χ3v) is 3.72. The molecule has 0 aliphatic carbocycles. The molecule has 0 bridgehead atoms. The second-order valence-electron chi connectivity index (χ2n) is 5.41. The summed E-state index contributed by atoms with van der Waals surface area (Å²) in [5.41, 5.74) is 5.73. The van der Waals surface area contributed by atoms with E-state index in [0.29, 0.717) is 25.9 Å². The van der Waals surface area contributed by atoms with E-state index in [1.165, 1.54) is 18.2 Å². The van der Waals surface area contributed by atoms with Crippen LogP contribution in [-0.2, 0) is 4.79 Å². The molecule has 0 saturated carbocycles. The lowest BCUT2D eigenvalue weighted by molar-refractivity contribution is -0.123. The molecule has 3 N–H and O–H groups in total. The van der Waals surface area contributed by atoms with Crippen LogP contribution in [0.2, 0.25) is 0 Å². The van der Waals surface area contributed by atoms with Gasteiger partial charge in [-0.15, -0.1) is 12.4 Å². The Labute approximate surface area is 135 Å². The Hall–Kier alpha value is -1.40. The van der Waals surface area contributed by atoms with Crippen LogP contribution in [0.15, 0.2) is 18.2 Å². The van der Waals surface area contributed by atoms with Crippen molar-refractivity contribution in [2.24, 2.45) is 5.73 Å². The SMILES string of the molecule is CCCC(N)C(=O)NC1CCN(c2c(F)cccc2F)C1.Cl. The molecule has 7 heteroatoms. The molecule has 1 aromatic carbocycles. The highest BCUT2D eigenvalue weighted by Gasteiger charge is 2.28. The summed E-state index contributed by atoms with van der Waals surface area (Å²) in [5, 5.41) is 2.85. The van der Waals surface area contributed by atoms with Gasteiger partial charge in [0.1, 0.15) is 17.3 Å². The molecular formula is C15H22ClF2N3O. The lowest BCUT2D eigenvalue weighted by atomic mass is 10.1. The highest BCUT2D eigenvalue weighted by molar-refractivity contribution is 5.85. The fourth-order valence-corrected chi connectivity index (χ4v) is 2.62. The van der Waals surface area contributed by atoms with Gasteiger partial charge in [0.15, 0.2) is 0 Å². The van der Waals surface area contributed by atoms with Crippen molar-refractivity contribution in [1.82, 2.24) is 5.32 Å². The van der Waals surface area contributed by atoms with E-state index in [1.54, 1.807) is 4.90 Å². The minimum absolute atomic E-state index is 0. The number of amides is 1. The standard InChI is InChI=1S/C15H21F2N3O.ClH/c1-2-4-13(18)15(21)19-10-7-8-20(9-10)14-11(16)5-3-6-12(14)17;/h3,5-6,10,13H,2,4,7-9,18H2,1H3,(H,19,21);1H. The highest BCUT2D eigenvalue weighted by atomic mass is 35.5. The van der Waals surface area contributed by atoms with E-state index in [0.717, 1.165) is 6.42 Å². The van der Waals surface area contributed by atoms with Gasteiger partial charge in [-0.05, 0) is 25.0 Å². The summed E-state index contributed by atoms with van der Waals surface area (Å²) in [5.74, 6) is -1.35. The Balaban J connectivity index is 0.00000242. The van der Waals surface area contributed by atoms with Crippen LogP contribution in [0.3, 0.4) is 0 Å². The smallest absolute Gasteiger partial charge is 0.237 e. The Morgan fingerprint density at radius 1 is 1.45 bits per heavy atom. The predicted molar refractivity (Wildman–Crippen MR) is 85.3 cm³/mol. The molecule has 1 fully saturated rings. The van der Waals surface area contributed by atoms with Crippen molar-refractivity contribution < 1.29 is 13.6 Å². The molecule has 0 radical (unpaired) electrons. The topological polar surface area (TPSA) is 58.4 Å². The van der Waals surface area contributed by atoms with Gasteiger partial charge >= 0.3 is 0 Å². The van der Waals surface area contributed by atoms with Crippen molar-refractivity contribution in [1.29, 1.82) is 0 Å². The molecule has 2 atom stereocenters. The second-order valence-corrected chi connectivity index (χ2v) is 5.41. The van der Waals surface area contributed by atoms with Crippen LogP contribution < -0.4 is 16.0 Å². The van der Waals surface area contributed by atoms with Gasteiger partial charge in [-0.3, -0.25) is 4.79 Å². The predicted octanol–water partition coefficient (Wildman–Crippen LogP) is 2.21. The lowest BCUT2D eigenvalue weighted by Crippen LogP contribution is -2.46. The maximum absolute atomic E-state index is 13.7. The zero-order valence-corrected chi connectivity index (χ0v) is 13.3. The maximum Gasteiger partial charge on any atom is 0.237 e. The highest BCUT2D eigenvalue weighted by Crippen LogP contribution is 2.26. The fraction of sp³-hybridized carbons (Fsp3) is 0.533. The number of nitrogens with one attached hydrogen (secondary N) is 1. The van der Waals surface area contributed by atoms with Gasteiger partial charge in [-0.25, -0.2) is 8.78 Å². The molecule has 22 heavy (non-hydrogen) atoms. The molecule has 1 aliphatic rings. The van der Waals surface area contributed by atoms with Crippen molar-refractivity contribution in [3.8, 4) is 0 Å². The zero-order valence-electron chi connectivity index (χ0n) is 12.5. The molecule has 1 heterocycles. The largest absolute Gasteiger partial charge is 0.365 e. The minimum atomic E-state index is -0.579. The van der Waals surface area contributed by atoms with Crippen LogP contribution in [-0.4, -0.2) is 31.1 Å². The summed E-state index contributed by atoms with van der Waals surface area (Å²) < 4.78 is 27.5. The van der Waals surface area contributed by atoms with Gasteiger partial charge < -0.3 is 16.0 Å². The van der Waals surface area contributed by atoms with Gasteiger partial charge in [-0.1, -0.05) is 19.4 Å². The summed E-state index contributed by atoms with van der Waals surface area (Å²) in [4.78, 5) is 13.5. The molecule has 1 aliphatic heterocycles. The number of benzene rings is 1. The van der Waals surface area contributed by atoms with Gasteiger partial charge in [0.25, 0.3) is 0 Å². The Bertz CT molecular complexity index is 495. The molecule has 1 amide bonds. The first-order chi connectivity index (χ1) is 10.0. The van der Waals surface area contributed by atoms with Crippen LogP contribution in [0.5, 0.6) is 0 Å². The van der Waals surface area contributed by atoms with E-state index in [4.69, 9.17) is 5.73 Å². The fourth-order valence-electron chi connectivity index (χ4n) is 2.62. The molecule has 0 aromatic heterocycles. The summed E-state index contributed by atoms with van der Waals surface area (Å²) in [7, 11) is 0. The third-order valence-electron chi connectivity index (χ3n) is 3.72. The number of anilines is 1. The summed E-state index contributed by atoms with van der Waals surface area (Å²) >= 11 is 0. The van der Waals surface area contributed by atoms with E-state index >= 15 is 0 Å². The number of carbonyl (C=O) groups excluding carboxylic acids is 1. The Kier molecular flexibility index (Phi) is 7.03. The number of hydrogen-bond donors (Lipinski definition) is 2. The molecule has 2 rings (SSSR count). The molecular weight excluding hydrogens is 312 g/mol. The zero-order chi connectivity index (χ0) is 15.4.